The molecule has 2 aliphatic heterocycles. The third kappa shape index (κ3) is 4.05. The molecule has 10 N–H and O–H groups in total. The fraction of sp³-hybridized carbons (Fsp3) is 0.333. The summed E-state index contributed by atoms with van der Waals surface area (Å²) in [6, 6.07) is 2.15. The zero-order chi connectivity index (χ0) is 24.0. The van der Waals surface area contributed by atoms with Crippen LogP contribution in [0.15, 0.2) is 53.2 Å². The Labute approximate surface area is 186 Å². The second kappa shape index (κ2) is 8.50. The number of benzene rings is 1. The lowest BCUT2D eigenvalue weighted by atomic mass is 9.96. The van der Waals surface area contributed by atoms with Gasteiger partial charge in [0.1, 0.15) is 35.9 Å². The molecule has 3 aliphatic rings. The van der Waals surface area contributed by atoms with Crippen LogP contribution in [-0.4, -0.2) is 94.1 Å². The Balaban J connectivity index is 1.79. The summed E-state index contributed by atoms with van der Waals surface area (Å²) in [5.41, 5.74) is 0.253. The summed E-state index contributed by atoms with van der Waals surface area (Å²) < 4.78 is 15.4. The zero-order valence-corrected chi connectivity index (χ0v) is 16.8. The molecule has 0 radical (unpaired) electrons. The van der Waals surface area contributed by atoms with Crippen molar-refractivity contribution in [2.45, 2.75) is 36.8 Å². The largest absolute Gasteiger partial charge is 0.571 e. The second-order valence-electron chi connectivity index (χ2n) is 7.69. The van der Waals surface area contributed by atoms with Gasteiger partial charge in [0.05, 0.1) is 23.8 Å². The number of fused-ring (bicyclic) bond motifs is 1. The third-order valence-corrected chi connectivity index (χ3v) is 5.45. The molecule has 178 valence electrons. The van der Waals surface area contributed by atoms with Gasteiger partial charge in [0.15, 0.2) is 17.2 Å². The number of aromatic hydroxyl groups is 3. The Hall–Kier alpha value is -3.42. The van der Waals surface area contributed by atoms with Crippen LogP contribution in [0.3, 0.4) is 0 Å². The monoisotopic (exact) mass is 467 g/mol. The first kappa shape index (κ1) is 22.8. The number of aliphatic hydroxyl groups is 8. The Morgan fingerprint density at radius 2 is 1.58 bits per heavy atom. The molecular formula is C21H23O12+. The van der Waals surface area contributed by atoms with Crippen LogP contribution in [0.25, 0.3) is 5.76 Å². The van der Waals surface area contributed by atoms with Crippen LogP contribution < -0.4 is 0 Å². The Bertz CT molecular complexity index is 1050. The van der Waals surface area contributed by atoms with E-state index in [0.29, 0.717) is 0 Å². The van der Waals surface area contributed by atoms with Gasteiger partial charge in [-0.15, -0.1) is 0 Å². The molecular weight excluding hydrogens is 444 g/mol. The molecule has 6 atom stereocenters. The number of aliphatic hydroxyl groups excluding tert-OH is 6. The predicted molar refractivity (Wildman–Crippen MR) is 109 cm³/mol. The van der Waals surface area contributed by atoms with Crippen LogP contribution in [0.1, 0.15) is 5.56 Å². The highest BCUT2D eigenvalue weighted by Gasteiger charge is 2.46. The van der Waals surface area contributed by atoms with Gasteiger partial charge in [-0.3, -0.25) is 0 Å². The molecule has 1 aromatic rings. The van der Waals surface area contributed by atoms with Gasteiger partial charge in [-0.05, 0) is 0 Å². The molecule has 1 saturated heterocycles. The number of hydrogen-bond donors (Lipinski definition) is 9. The number of ether oxygens (including phenoxy) is 3. The summed E-state index contributed by atoms with van der Waals surface area (Å²) in [7, 11) is 0. The smallest absolute Gasteiger partial charge is 0.305 e. The number of phenols is 3. The lowest BCUT2D eigenvalue weighted by Gasteiger charge is -2.40. The van der Waals surface area contributed by atoms with E-state index in [2.05, 4.69) is 4.74 Å². The average Bonchev–Trinajstić information content (AvgIpc) is 2.77. The highest BCUT2D eigenvalue weighted by atomic mass is 16.7. The highest BCUT2D eigenvalue weighted by molar-refractivity contribution is 5.71. The van der Waals surface area contributed by atoms with Crippen molar-refractivity contribution in [3.05, 3.63) is 58.8 Å². The molecule has 1 aliphatic carbocycles. The number of rotatable bonds is 4. The van der Waals surface area contributed by atoms with E-state index in [4.69, 9.17) is 9.47 Å². The van der Waals surface area contributed by atoms with E-state index in [0.717, 1.165) is 18.2 Å². The molecule has 0 saturated carbocycles. The van der Waals surface area contributed by atoms with E-state index in [1.165, 1.54) is 12.2 Å². The standard InChI is InChI=1S/C21H22O12/c22-6-15-17(28)18(29)19(30)21(33-15)32-14-5-9-10(24)3-8(23)4-13(9)31-20(14)7-1-11(25)16(27)12(26)2-7/h1-5,13,15,17-19,21-30H,6H2/p+1/t13?,15-,17-,18+,19-,21+/m1/s1. The van der Waals surface area contributed by atoms with Gasteiger partial charge in [0.2, 0.25) is 18.2 Å². The summed E-state index contributed by atoms with van der Waals surface area (Å²) in [5, 5.41) is 89.3. The van der Waals surface area contributed by atoms with Gasteiger partial charge in [-0.1, -0.05) is 0 Å². The van der Waals surface area contributed by atoms with Crippen molar-refractivity contribution >= 4 is 5.76 Å². The van der Waals surface area contributed by atoms with Crippen molar-refractivity contribution in [3.63, 3.8) is 0 Å². The third-order valence-electron chi connectivity index (χ3n) is 5.45. The van der Waals surface area contributed by atoms with Crippen molar-refractivity contribution < 1.29 is 60.2 Å². The minimum Gasteiger partial charge on any atom is -0.571 e. The quantitative estimate of drug-likeness (QED) is 0.194. The number of phenolic OH excluding ortho intramolecular Hbond substituents is 3. The van der Waals surface area contributed by atoms with Gasteiger partial charge in [-0.2, -0.15) is 0 Å². The van der Waals surface area contributed by atoms with Gasteiger partial charge in [0, 0.05) is 24.3 Å². The first-order chi connectivity index (χ1) is 15.6. The lowest BCUT2D eigenvalue weighted by Crippen LogP contribution is -2.59. The molecule has 1 unspecified atom stereocenters. The molecule has 12 nitrogen and oxygen atoms in total. The van der Waals surface area contributed by atoms with Gasteiger partial charge >= 0.3 is 5.76 Å². The van der Waals surface area contributed by atoms with E-state index in [1.54, 1.807) is 0 Å². The maximum absolute atomic E-state index is 10.3. The number of hydrogen-bond acceptors (Lipinski definition) is 11. The SMILES string of the molecule is OC[C@H]1O[C@H](OC2=C(c3cc(O)c(O)c(O)c3)[OH+]C3C=C(O)C=C(O)C3=C2)[C@H](O)[C@@H](O)[C@@H]1O. The van der Waals surface area contributed by atoms with E-state index in [9.17, 15) is 46.0 Å². The van der Waals surface area contributed by atoms with Crippen LogP contribution >= 0.6 is 0 Å². The van der Waals surface area contributed by atoms with Crippen LogP contribution in [0.2, 0.25) is 0 Å². The fourth-order valence-corrected chi connectivity index (χ4v) is 3.69. The molecule has 4 rings (SSSR count). The van der Waals surface area contributed by atoms with Gasteiger partial charge < -0.3 is 60.2 Å². The molecule has 0 aromatic heterocycles. The Kier molecular flexibility index (Phi) is 5.86. The van der Waals surface area contributed by atoms with Gasteiger partial charge in [-0.25, -0.2) is 0 Å². The molecule has 0 spiro atoms. The molecule has 2 heterocycles. The summed E-state index contributed by atoms with van der Waals surface area (Å²) >= 11 is 0. The first-order valence-electron chi connectivity index (χ1n) is 9.81. The molecule has 12 heteroatoms. The van der Waals surface area contributed by atoms with Crippen molar-refractivity contribution in [2.24, 2.45) is 0 Å². The Morgan fingerprint density at radius 1 is 0.909 bits per heavy atom. The molecule has 1 fully saturated rings. The molecule has 33 heavy (non-hydrogen) atoms. The minimum absolute atomic E-state index is 0.0370. The maximum atomic E-state index is 10.3. The maximum Gasteiger partial charge on any atom is 0.305 e. The lowest BCUT2D eigenvalue weighted by molar-refractivity contribution is -0.290. The van der Waals surface area contributed by atoms with E-state index in [1.807, 2.05) is 0 Å². The van der Waals surface area contributed by atoms with E-state index < -0.39 is 60.7 Å². The second-order valence-corrected chi connectivity index (χ2v) is 7.69. The van der Waals surface area contributed by atoms with Crippen molar-refractivity contribution in [2.75, 3.05) is 6.61 Å². The summed E-state index contributed by atoms with van der Waals surface area (Å²) in [6.07, 6.45) is -5.08. The number of allylic oxidation sites excluding steroid dienone is 2. The highest BCUT2D eigenvalue weighted by Crippen LogP contribution is 2.41. The van der Waals surface area contributed by atoms with E-state index in [-0.39, 0.29) is 34.2 Å². The van der Waals surface area contributed by atoms with Crippen LogP contribution in [-0.2, 0) is 9.47 Å². The normalized spacial score (nSPS) is 31.7. The topological polar surface area (TPSA) is 213 Å². The summed E-state index contributed by atoms with van der Waals surface area (Å²) in [6.45, 7) is -0.683. The van der Waals surface area contributed by atoms with E-state index >= 15 is 0 Å². The predicted octanol–water partition coefficient (Wildman–Crippen LogP) is -0.978. The zero-order valence-electron chi connectivity index (χ0n) is 16.8. The molecule has 0 amide bonds. The summed E-state index contributed by atoms with van der Waals surface area (Å²) in [4.78, 5) is 0. The Morgan fingerprint density at radius 3 is 2.21 bits per heavy atom. The first-order valence-corrected chi connectivity index (χ1v) is 9.81. The van der Waals surface area contributed by atoms with Crippen LogP contribution in [0.5, 0.6) is 17.2 Å². The van der Waals surface area contributed by atoms with Crippen LogP contribution in [0.4, 0.5) is 0 Å². The van der Waals surface area contributed by atoms with Gasteiger partial charge in [0.25, 0.3) is 0 Å². The fourth-order valence-electron chi connectivity index (χ4n) is 3.69. The minimum atomic E-state index is -1.74. The average molecular weight is 467 g/mol. The van der Waals surface area contributed by atoms with Crippen molar-refractivity contribution in [1.29, 1.82) is 0 Å². The molecule has 0 bridgehead atoms. The van der Waals surface area contributed by atoms with Crippen LogP contribution in [0, 0.1) is 0 Å². The summed E-state index contributed by atoms with van der Waals surface area (Å²) in [5.74, 6) is -2.87. The van der Waals surface area contributed by atoms with Crippen molar-refractivity contribution in [1.82, 2.24) is 0 Å². The van der Waals surface area contributed by atoms with Crippen molar-refractivity contribution in [3.8, 4) is 17.2 Å². The molecule has 1 aromatic carbocycles.